The maximum Gasteiger partial charge on any atom is 0.285 e. The Hall–Kier alpha value is -2.20. The minimum atomic E-state index is -0.669. The Morgan fingerprint density at radius 3 is 2.53 bits per heavy atom. The van der Waals surface area contributed by atoms with Gasteiger partial charge in [0.2, 0.25) is 0 Å². The first kappa shape index (κ1) is 9.99. The number of hydrogen-bond donors (Lipinski definition) is 1. The minimum Gasteiger partial charge on any atom is -0.278 e. The summed E-state index contributed by atoms with van der Waals surface area (Å²) in [7, 11) is 0. The van der Waals surface area contributed by atoms with Gasteiger partial charge < -0.3 is 0 Å². The summed E-state index contributed by atoms with van der Waals surface area (Å²) in [4.78, 5) is 23.6. The van der Waals surface area contributed by atoms with Crippen LogP contribution in [0.3, 0.4) is 0 Å². The number of imide groups is 1. The molecule has 0 atom stereocenters. The van der Waals surface area contributed by atoms with Crippen LogP contribution in [0.4, 0.5) is 0 Å². The summed E-state index contributed by atoms with van der Waals surface area (Å²) in [5.41, 5.74) is 1.65. The van der Waals surface area contributed by atoms with Crippen molar-refractivity contribution in [3.8, 4) is 0 Å². The lowest BCUT2D eigenvalue weighted by molar-refractivity contribution is -0.0377. The normalized spacial score (nSPS) is 14.6. The fourth-order valence-corrected chi connectivity index (χ4v) is 2.25. The van der Waals surface area contributed by atoms with Crippen LogP contribution < -0.4 is 0 Å². The predicted molar refractivity (Wildman–Crippen MR) is 61.0 cm³/mol. The number of nitrogens with zero attached hydrogens (tertiary/aromatic N) is 1. The van der Waals surface area contributed by atoms with Gasteiger partial charge in [-0.1, -0.05) is 18.2 Å². The zero-order chi connectivity index (χ0) is 12.2. The molecule has 4 nitrogen and oxygen atoms in total. The number of carbonyl (C=O) groups is 2. The van der Waals surface area contributed by atoms with Crippen LogP contribution in [0.1, 0.15) is 26.3 Å². The fraction of sp³-hybridized carbons (Fsp3) is 0.0769. The summed E-state index contributed by atoms with van der Waals surface area (Å²) in [6.45, 7) is 1.87. The van der Waals surface area contributed by atoms with E-state index in [1.54, 1.807) is 18.2 Å². The summed E-state index contributed by atoms with van der Waals surface area (Å²) < 4.78 is 0. The van der Waals surface area contributed by atoms with Gasteiger partial charge in [0.25, 0.3) is 11.8 Å². The van der Waals surface area contributed by atoms with Gasteiger partial charge in [0.05, 0.1) is 11.1 Å². The molecule has 0 saturated carbocycles. The molecule has 0 aromatic heterocycles. The first-order valence-electron chi connectivity index (χ1n) is 5.20. The average molecular weight is 227 g/mol. The zero-order valence-electron chi connectivity index (χ0n) is 9.10. The Balaban J connectivity index is 2.53. The van der Waals surface area contributed by atoms with E-state index in [9.17, 15) is 14.8 Å². The second-order valence-electron chi connectivity index (χ2n) is 4.14. The number of amides is 2. The van der Waals surface area contributed by atoms with Crippen molar-refractivity contribution < 1.29 is 14.8 Å². The third-order valence-electron chi connectivity index (χ3n) is 2.97. The molecule has 0 bridgehead atoms. The van der Waals surface area contributed by atoms with Crippen molar-refractivity contribution >= 4 is 22.6 Å². The number of hydroxylamine groups is 2. The molecule has 4 heteroatoms. The molecule has 2 amide bonds. The van der Waals surface area contributed by atoms with Crippen LogP contribution in [-0.4, -0.2) is 22.1 Å². The third-order valence-corrected chi connectivity index (χ3v) is 2.97. The van der Waals surface area contributed by atoms with E-state index in [2.05, 4.69) is 0 Å². The monoisotopic (exact) mass is 227 g/mol. The van der Waals surface area contributed by atoms with Crippen LogP contribution in [-0.2, 0) is 0 Å². The Morgan fingerprint density at radius 2 is 1.76 bits per heavy atom. The minimum absolute atomic E-state index is 0.177. The lowest BCUT2D eigenvalue weighted by Gasteiger charge is -2.22. The van der Waals surface area contributed by atoms with Crippen molar-refractivity contribution in [3.63, 3.8) is 0 Å². The van der Waals surface area contributed by atoms with Crippen LogP contribution in [0.15, 0.2) is 30.3 Å². The second-order valence-corrected chi connectivity index (χ2v) is 4.14. The molecule has 0 radical (unpaired) electrons. The van der Waals surface area contributed by atoms with Crippen molar-refractivity contribution in [2.24, 2.45) is 0 Å². The highest BCUT2D eigenvalue weighted by Crippen LogP contribution is 2.30. The van der Waals surface area contributed by atoms with Crippen molar-refractivity contribution in [2.75, 3.05) is 0 Å². The molecule has 3 rings (SSSR count). The number of rotatable bonds is 0. The van der Waals surface area contributed by atoms with Gasteiger partial charge in [-0.2, -0.15) is 0 Å². The third kappa shape index (κ3) is 1.21. The summed E-state index contributed by atoms with van der Waals surface area (Å²) >= 11 is 0. The lowest BCUT2D eigenvalue weighted by atomic mass is 9.93. The summed E-state index contributed by atoms with van der Waals surface area (Å²) in [6, 6.07) is 8.80. The molecule has 0 spiro atoms. The number of hydrogen-bond acceptors (Lipinski definition) is 3. The molecule has 1 aliphatic rings. The largest absolute Gasteiger partial charge is 0.285 e. The highest BCUT2D eigenvalue weighted by atomic mass is 16.5. The summed E-state index contributed by atoms with van der Waals surface area (Å²) in [6.07, 6.45) is 0. The van der Waals surface area contributed by atoms with Crippen molar-refractivity contribution in [2.45, 2.75) is 6.92 Å². The molecule has 0 fully saturated rings. The predicted octanol–water partition coefficient (Wildman–Crippen LogP) is 2.13. The fourth-order valence-electron chi connectivity index (χ4n) is 2.25. The number of aryl methyl sites for hydroxylation is 1. The van der Waals surface area contributed by atoms with E-state index in [4.69, 9.17) is 0 Å². The summed E-state index contributed by atoms with van der Waals surface area (Å²) in [5.74, 6) is -1.33. The molecule has 1 heterocycles. The van der Waals surface area contributed by atoms with Gasteiger partial charge in [0, 0.05) is 5.39 Å². The first-order valence-corrected chi connectivity index (χ1v) is 5.20. The Bertz CT molecular complexity index is 676. The molecule has 0 saturated heterocycles. The van der Waals surface area contributed by atoms with E-state index in [-0.39, 0.29) is 5.06 Å². The molecule has 1 aliphatic heterocycles. The van der Waals surface area contributed by atoms with E-state index in [0.717, 1.165) is 10.9 Å². The molecule has 0 unspecified atom stereocenters. The van der Waals surface area contributed by atoms with Gasteiger partial charge in [-0.3, -0.25) is 14.8 Å². The highest BCUT2D eigenvalue weighted by molar-refractivity contribution is 6.24. The van der Waals surface area contributed by atoms with Crippen LogP contribution >= 0.6 is 0 Å². The summed E-state index contributed by atoms with van der Waals surface area (Å²) in [5, 5.41) is 11.1. The van der Waals surface area contributed by atoms with Gasteiger partial charge in [-0.25, -0.2) is 0 Å². The molecule has 84 valence electrons. The van der Waals surface area contributed by atoms with E-state index < -0.39 is 11.8 Å². The van der Waals surface area contributed by atoms with Gasteiger partial charge in [0.1, 0.15) is 0 Å². The van der Waals surface area contributed by atoms with E-state index in [1.165, 1.54) is 0 Å². The highest BCUT2D eigenvalue weighted by Gasteiger charge is 2.31. The van der Waals surface area contributed by atoms with Crippen molar-refractivity contribution in [1.29, 1.82) is 0 Å². The van der Waals surface area contributed by atoms with Crippen LogP contribution in [0.25, 0.3) is 10.8 Å². The topological polar surface area (TPSA) is 57.6 Å². The van der Waals surface area contributed by atoms with Crippen LogP contribution in [0, 0.1) is 6.92 Å². The van der Waals surface area contributed by atoms with Gasteiger partial charge in [-0.15, -0.1) is 5.06 Å². The molecule has 2 aromatic rings. The molecule has 17 heavy (non-hydrogen) atoms. The van der Waals surface area contributed by atoms with Crippen molar-refractivity contribution in [3.05, 3.63) is 47.0 Å². The average Bonchev–Trinajstić information content (AvgIpc) is 2.32. The Morgan fingerprint density at radius 1 is 1.06 bits per heavy atom. The van der Waals surface area contributed by atoms with Gasteiger partial charge >= 0.3 is 0 Å². The van der Waals surface area contributed by atoms with E-state index >= 15 is 0 Å². The lowest BCUT2D eigenvalue weighted by Crippen LogP contribution is -2.37. The first-order chi connectivity index (χ1) is 8.09. The quantitative estimate of drug-likeness (QED) is 0.554. The van der Waals surface area contributed by atoms with Gasteiger partial charge in [-0.05, 0) is 30.0 Å². The number of carbonyl (C=O) groups excluding carboxylic acids is 2. The second kappa shape index (κ2) is 3.15. The van der Waals surface area contributed by atoms with Crippen molar-refractivity contribution in [1.82, 2.24) is 5.06 Å². The Labute approximate surface area is 97.0 Å². The van der Waals surface area contributed by atoms with Gasteiger partial charge in [0.15, 0.2) is 0 Å². The van der Waals surface area contributed by atoms with Crippen LogP contribution in [0.2, 0.25) is 0 Å². The SMILES string of the molecule is Cc1cc2c3c(cccc3c1)C(=O)N(O)C2=O. The van der Waals surface area contributed by atoms with E-state index in [1.807, 2.05) is 19.1 Å². The molecule has 1 N–H and O–H groups in total. The molecule has 2 aromatic carbocycles. The molecule has 0 aliphatic carbocycles. The molecular formula is C13H9NO3. The number of benzene rings is 2. The maximum atomic E-state index is 11.8. The maximum absolute atomic E-state index is 11.8. The smallest absolute Gasteiger partial charge is 0.278 e. The van der Waals surface area contributed by atoms with E-state index in [0.29, 0.717) is 16.5 Å². The Kier molecular flexibility index (Phi) is 1.85. The standard InChI is InChI=1S/C13H9NO3/c1-7-5-8-3-2-4-9-11(8)10(6-7)13(16)14(17)12(9)15/h2-6,17H,1H3. The molecular weight excluding hydrogens is 218 g/mol. The van der Waals surface area contributed by atoms with Crippen LogP contribution in [0.5, 0.6) is 0 Å². The zero-order valence-corrected chi connectivity index (χ0v) is 9.10.